The molecule has 0 aliphatic carbocycles. The van der Waals surface area contributed by atoms with Crippen LogP contribution in [0.1, 0.15) is 31.4 Å². The van der Waals surface area contributed by atoms with Gasteiger partial charge >= 0.3 is 0 Å². The third kappa shape index (κ3) is 4.08. The van der Waals surface area contributed by atoms with Gasteiger partial charge in [0.15, 0.2) is 0 Å². The summed E-state index contributed by atoms with van der Waals surface area (Å²) >= 11 is 0. The first-order valence-corrected chi connectivity index (χ1v) is 8.53. The molecule has 3 nitrogen and oxygen atoms in total. The molecule has 0 saturated heterocycles. The van der Waals surface area contributed by atoms with Crippen molar-refractivity contribution in [1.29, 1.82) is 0 Å². The molecule has 3 rings (SSSR count). The van der Waals surface area contributed by atoms with Crippen molar-refractivity contribution >= 4 is 16.8 Å². The lowest BCUT2D eigenvalue weighted by Gasteiger charge is -2.25. The van der Waals surface area contributed by atoms with Crippen molar-refractivity contribution < 1.29 is 9.18 Å². The second kappa shape index (κ2) is 7.09. The molecule has 0 radical (unpaired) electrons. The number of aryl methyl sites for hydroxylation is 1. The van der Waals surface area contributed by atoms with E-state index >= 15 is 0 Å². The van der Waals surface area contributed by atoms with Gasteiger partial charge in [-0.15, -0.1) is 0 Å². The summed E-state index contributed by atoms with van der Waals surface area (Å²) in [6.07, 6.45) is 3.11. The van der Waals surface area contributed by atoms with Crippen molar-refractivity contribution in [3.05, 3.63) is 71.7 Å². The monoisotopic (exact) mass is 338 g/mol. The van der Waals surface area contributed by atoms with Gasteiger partial charge in [0, 0.05) is 35.5 Å². The third-order valence-electron chi connectivity index (χ3n) is 4.58. The molecule has 1 aromatic heterocycles. The Morgan fingerprint density at radius 3 is 2.68 bits per heavy atom. The highest BCUT2D eigenvalue weighted by Crippen LogP contribution is 2.30. The van der Waals surface area contributed by atoms with Gasteiger partial charge in [-0.2, -0.15) is 0 Å². The van der Waals surface area contributed by atoms with E-state index in [-0.39, 0.29) is 17.1 Å². The van der Waals surface area contributed by atoms with Gasteiger partial charge in [-0.25, -0.2) is 4.39 Å². The highest BCUT2D eigenvalue weighted by atomic mass is 19.1. The molecule has 0 aliphatic rings. The maximum absolute atomic E-state index is 13.3. The van der Waals surface area contributed by atoms with Crippen molar-refractivity contribution in [3.8, 4) is 0 Å². The molecule has 1 amide bonds. The first-order chi connectivity index (χ1) is 12.0. The van der Waals surface area contributed by atoms with Crippen LogP contribution in [0.5, 0.6) is 0 Å². The van der Waals surface area contributed by atoms with E-state index in [1.807, 2.05) is 36.5 Å². The van der Waals surface area contributed by atoms with Crippen molar-refractivity contribution in [3.63, 3.8) is 0 Å². The number of aromatic nitrogens is 1. The number of hydrogen-bond acceptors (Lipinski definition) is 1. The van der Waals surface area contributed by atoms with Gasteiger partial charge in [0.25, 0.3) is 0 Å². The Kier molecular flexibility index (Phi) is 4.88. The van der Waals surface area contributed by atoms with E-state index in [0.717, 1.165) is 28.5 Å². The van der Waals surface area contributed by atoms with Crippen molar-refractivity contribution in [2.45, 2.75) is 32.1 Å². The van der Waals surface area contributed by atoms with Crippen molar-refractivity contribution in [2.24, 2.45) is 0 Å². The van der Waals surface area contributed by atoms with Crippen LogP contribution >= 0.6 is 0 Å². The van der Waals surface area contributed by atoms with Crippen molar-refractivity contribution in [2.75, 3.05) is 6.54 Å². The molecular weight excluding hydrogens is 315 g/mol. The Balaban J connectivity index is 1.61. The minimum atomic E-state index is -0.257. The lowest BCUT2D eigenvalue weighted by atomic mass is 9.84. The Morgan fingerprint density at radius 2 is 1.92 bits per heavy atom. The molecule has 0 saturated carbocycles. The van der Waals surface area contributed by atoms with E-state index < -0.39 is 0 Å². The van der Waals surface area contributed by atoms with Gasteiger partial charge in [-0.1, -0.05) is 44.2 Å². The number of halogens is 1. The van der Waals surface area contributed by atoms with Crippen LogP contribution in [-0.4, -0.2) is 17.4 Å². The summed E-state index contributed by atoms with van der Waals surface area (Å²) in [4.78, 5) is 15.3. The largest absolute Gasteiger partial charge is 0.361 e. The normalized spacial score (nSPS) is 11.6. The van der Waals surface area contributed by atoms with E-state index in [2.05, 4.69) is 24.1 Å². The van der Waals surface area contributed by atoms with Crippen LogP contribution in [0, 0.1) is 5.82 Å². The number of fused-ring (bicyclic) bond motifs is 1. The van der Waals surface area contributed by atoms with Crippen LogP contribution in [-0.2, 0) is 16.6 Å². The fourth-order valence-corrected chi connectivity index (χ4v) is 3.06. The molecule has 1 heterocycles. The molecule has 2 aromatic carbocycles. The molecule has 4 heteroatoms. The molecule has 25 heavy (non-hydrogen) atoms. The van der Waals surface area contributed by atoms with Gasteiger partial charge in [-0.05, 0) is 35.7 Å². The van der Waals surface area contributed by atoms with Crippen LogP contribution in [0.4, 0.5) is 4.39 Å². The number of aromatic amines is 1. The van der Waals surface area contributed by atoms with Crippen LogP contribution in [0.3, 0.4) is 0 Å². The summed E-state index contributed by atoms with van der Waals surface area (Å²) in [5.41, 5.74) is 2.76. The second-order valence-corrected chi connectivity index (χ2v) is 7.04. The van der Waals surface area contributed by atoms with Gasteiger partial charge in [0.05, 0.1) is 0 Å². The van der Waals surface area contributed by atoms with Gasteiger partial charge in [0.2, 0.25) is 5.91 Å². The topological polar surface area (TPSA) is 44.9 Å². The number of rotatable bonds is 6. The molecule has 0 bridgehead atoms. The second-order valence-electron chi connectivity index (χ2n) is 7.04. The zero-order chi connectivity index (χ0) is 17.9. The highest BCUT2D eigenvalue weighted by molar-refractivity contribution is 5.84. The zero-order valence-corrected chi connectivity index (χ0v) is 14.6. The predicted molar refractivity (Wildman–Crippen MR) is 99.1 cm³/mol. The molecule has 0 atom stereocenters. The standard InChI is InChI=1S/C21H23FN2O/c1-21(2,18-13-23-19-12-16(22)9-10-17(18)19)14-24-20(25)11-8-15-6-4-3-5-7-15/h3-7,9-10,12-13,23H,8,11,14H2,1-2H3,(H,24,25). The molecule has 0 spiro atoms. The number of nitrogens with one attached hydrogen (secondary N) is 2. The molecule has 3 aromatic rings. The molecule has 0 fully saturated rings. The molecule has 0 unspecified atom stereocenters. The Morgan fingerprint density at radius 1 is 1.16 bits per heavy atom. The van der Waals surface area contributed by atoms with Crippen LogP contribution in [0.25, 0.3) is 10.9 Å². The van der Waals surface area contributed by atoms with Gasteiger partial charge < -0.3 is 10.3 Å². The van der Waals surface area contributed by atoms with Gasteiger partial charge in [0.1, 0.15) is 5.82 Å². The van der Waals surface area contributed by atoms with E-state index in [0.29, 0.717) is 13.0 Å². The van der Waals surface area contributed by atoms with Crippen LogP contribution in [0.15, 0.2) is 54.7 Å². The summed E-state index contributed by atoms with van der Waals surface area (Å²) in [6.45, 7) is 4.69. The van der Waals surface area contributed by atoms with Crippen LogP contribution < -0.4 is 5.32 Å². The number of H-pyrrole nitrogens is 1. The Labute approximate surface area is 147 Å². The maximum Gasteiger partial charge on any atom is 0.220 e. The summed E-state index contributed by atoms with van der Waals surface area (Å²) in [5, 5.41) is 4.02. The number of benzene rings is 2. The van der Waals surface area contributed by atoms with E-state index in [1.54, 1.807) is 6.07 Å². The fraction of sp³-hybridized carbons (Fsp3) is 0.286. The average Bonchev–Trinajstić information content (AvgIpc) is 3.03. The Bertz CT molecular complexity index is 868. The summed E-state index contributed by atoms with van der Waals surface area (Å²) in [7, 11) is 0. The van der Waals surface area contributed by atoms with Crippen molar-refractivity contribution in [1.82, 2.24) is 10.3 Å². The maximum atomic E-state index is 13.3. The molecule has 0 aliphatic heterocycles. The van der Waals surface area contributed by atoms with E-state index in [4.69, 9.17) is 0 Å². The smallest absolute Gasteiger partial charge is 0.220 e. The fourth-order valence-electron chi connectivity index (χ4n) is 3.06. The quantitative estimate of drug-likeness (QED) is 0.690. The number of carbonyl (C=O) groups is 1. The van der Waals surface area contributed by atoms with E-state index in [9.17, 15) is 9.18 Å². The molecular formula is C21H23FN2O. The minimum absolute atomic E-state index is 0.0443. The first kappa shape index (κ1) is 17.2. The van der Waals surface area contributed by atoms with Crippen LogP contribution in [0.2, 0.25) is 0 Å². The summed E-state index contributed by atoms with van der Waals surface area (Å²) < 4.78 is 13.3. The predicted octanol–water partition coefficient (Wildman–Crippen LogP) is 4.33. The minimum Gasteiger partial charge on any atom is -0.361 e. The number of amides is 1. The SMILES string of the molecule is CC(C)(CNC(=O)CCc1ccccc1)c1c[nH]c2cc(F)ccc12. The van der Waals surface area contributed by atoms with Gasteiger partial charge in [-0.3, -0.25) is 4.79 Å². The Hall–Kier alpha value is -2.62. The lowest BCUT2D eigenvalue weighted by Crippen LogP contribution is -2.36. The highest BCUT2D eigenvalue weighted by Gasteiger charge is 2.24. The third-order valence-corrected chi connectivity index (χ3v) is 4.58. The average molecular weight is 338 g/mol. The number of hydrogen-bond donors (Lipinski definition) is 2. The molecule has 130 valence electrons. The summed E-state index contributed by atoms with van der Waals surface area (Å²) in [6, 6.07) is 14.7. The lowest BCUT2D eigenvalue weighted by molar-refractivity contribution is -0.121. The molecule has 2 N–H and O–H groups in total. The zero-order valence-electron chi connectivity index (χ0n) is 14.6. The first-order valence-electron chi connectivity index (χ1n) is 8.53. The van der Waals surface area contributed by atoms with E-state index in [1.165, 1.54) is 12.1 Å². The summed E-state index contributed by atoms with van der Waals surface area (Å²) in [5.74, 6) is -0.212. The number of carbonyl (C=O) groups excluding carboxylic acids is 1.